The number of aromatic hydroxyl groups is 3. The lowest BCUT2D eigenvalue weighted by molar-refractivity contribution is -0.265. The Kier molecular flexibility index (Phi) is 4.97. The first-order valence-corrected chi connectivity index (χ1v) is 9.50. The fraction of sp³-hybridized carbons (Fsp3) is 0.381. The zero-order valence-electron chi connectivity index (χ0n) is 16.3. The molecule has 0 spiro atoms. The predicted octanol–water partition coefficient (Wildman–Crippen LogP) is -1.27. The number of ketones is 1. The lowest BCUT2D eigenvalue weighted by Crippen LogP contribution is -2.65. The van der Waals surface area contributed by atoms with Gasteiger partial charge in [0.05, 0.1) is 17.7 Å². The third-order valence-electron chi connectivity index (χ3n) is 5.94. The van der Waals surface area contributed by atoms with Crippen LogP contribution in [0.25, 0.3) is 0 Å². The molecular formula is C21H22O10. The highest BCUT2D eigenvalue weighted by atomic mass is 16.6. The van der Waals surface area contributed by atoms with E-state index in [9.17, 15) is 45.6 Å². The molecule has 1 aliphatic heterocycles. The van der Waals surface area contributed by atoms with Gasteiger partial charge in [0.15, 0.2) is 0 Å². The fourth-order valence-corrected chi connectivity index (χ4v) is 4.48. The van der Waals surface area contributed by atoms with Crippen molar-refractivity contribution in [1.82, 2.24) is 0 Å². The summed E-state index contributed by atoms with van der Waals surface area (Å²) in [5.41, 5.74) is -3.39. The standard InChI is InChI=1S/C21H22O10/c1-7-2-9-14(11(24)3-7)17(27)15-10(4-8(23)5-12(15)25)21(9,30)20-19(29)18(28)16(26)13(6-22)31-20/h2-5,13,16,18-20,22-26,28-30H,6H2,1H3/t13-,16-,18+,19-,20-,21-/m0/s1. The number of benzene rings is 2. The molecule has 1 fully saturated rings. The van der Waals surface area contributed by atoms with Crippen molar-refractivity contribution in [2.24, 2.45) is 0 Å². The van der Waals surface area contributed by atoms with E-state index in [0.29, 0.717) is 5.56 Å². The van der Waals surface area contributed by atoms with E-state index >= 15 is 0 Å². The number of hydrogen-bond acceptors (Lipinski definition) is 10. The van der Waals surface area contributed by atoms with E-state index in [2.05, 4.69) is 0 Å². The number of carbonyl (C=O) groups is 1. The average Bonchev–Trinajstić information content (AvgIpc) is 2.69. The zero-order chi connectivity index (χ0) is 22.8. The lowest BCUT2D eigenvalue weighted by atomic mass is 9.68. The highest BCUT2D eigenvalue weighted by Gasteiger charge is 2.58. The Hall–Kier alpha value is -2.73. The second-order valence-corrected chi connectivity index (χ2v) is 7.94. The Labute approximate surface area is 175 Å². The van der Waals surface area contributed by atoms with Gasteiger partial charge in [0.2, 0.25) is 5.78 Å². The predicted molar refractivity (Wildman–Crippen MR) is 103 cm³/mol. The van der Waals surface area contributed by atoms with Crippen LogP contribution >= 0.6 is 0 Å². The van der Waals surface area contributed by atoms with Crippen molar-refractivity contribution in [3.63, 3.8) is 0 Å². The Bertz CT molecular complexity index is 1000. The highest BCUT2D eigenvalue weighted by molar-refractivity contribution is 6.16. The third-order valence-corrected chi connectivity index (χ3v) is 5.94. The molecule has 1 saturated heterocycles. The topological polar surface area (TPSA) is 188 Å². The maximum Gasteiger partial charge on any atom is 0.201 e. The molecule has 2 aromatic rings. The van der Waals surface area contributed by atoms with Crippen molar-refractivity contribution < 1.29 is 50.4 Å². The summed E-state index contributed by atoms with van der Waals surface area (Å²) < 4.78 is 5.57. The molecular weight excluding hydrogens is 412 g/mol. The van der Waals surface area contributed by atoms with Crippen molar-refractivity contribution in [2.45, 2.75) is 43.0 Å². The number of hydrogen-bond donors (Lipinski definition) is 8. The second kappa shape index (κ2) is 7.16. The van der Waals surface area contributed by atoms with E-state index in [0.717, 1.165) is 12.1 Å². The van der Waals surface area contributed by atoms with Crippen LogP contribution in [0.4, 0.5) is 0 Å². The largest absolute Gasteiger partial charge is 0.508 e. The lowest BCUT2D eigenvalue weighted by Gasteiger charge is -2.49. The van der Waals surface area contributed by atoms with Gasteiger partial charge >= 0.3 is 0 Å². The first-order valence-electron chi connectivity index (χ1n) is 9.50. The van der Waals surface area contributed by atoms with Gasteiger partial charge < -0.3 is 45.6 Å². The van der Waals surface area contributed by atoms with Gasteiger partial charge in [-0.25, -0.2) is 0 Å². The maximum absolute atomic E-state index is 13.1. The number of rotatable bonds is 2. The molecule has 1 aliphatic carbocycles. The van der Waals surface area contributed by atoms with Gasteiger partial charge in [-0.05, 0) is 24.6 Å². The van der Waals surface area contributed by atoms with Crippen LogP contribution in [-0.4, -0.2) is 83.8 Å². The number of aliphatic hydroxyl groups is 5. The van der Waals surface area contributed by atoms with Crippen LogP contribution in [0, 0.1) is 6.92 Å². The van der Waals surface area contributed by atoms with Crippen molar-refractivity contribution in [1.29, 1.82) is 0 Å². The summed E-state index contributed by atoms with van der Waals surface area (Å²) in [4.78, 5) is 13.1. The number of phenols is 3. The summed E-state index contributed by atoms with van der Waals surface area (Å²) in [6, 6.07) is 4.50. The molecule has 6 atom stereocenters. The van der Waals surface area contributed by atoms with Gasteiger partial charge in [-0.2, -0.15) is 0 Å². The Morgan fingerprint density at radius 1 is 0.903 bits per heavy atom. The summed E-state index contributed by atoms with van der Waals surface area (Å²) in [5, 5.41) is 83.4. The van der Waals surface area contributed by atoms with E-state index in [1.165, 1.54) is 12.1 Å². The number of ether oxygens (including phenoxy) is 1. The summed E-state index contributed by atoms with van der Waals surface area (Å²) in [6.07, 6.45) is -8.59. The van der Waals surface area contributed by atoms with Crippen LogP contribution in [-0.2, 0) is 10.3 Å². The van der Waals surface area contributed by atoms with E-state index in [4.69, 9.17) is 4.74 Å². The number of aryl methyl sites for hydroxylation is 1. The van der Waals surface area contributed by atoms with Crippen molar-refractivity contribution in [3.8, 4) is 17.2 Å². The Balaban J connectivity index is 2.06. The third kappa shape index (κ3) is 2.92. The van der Waals surface area contributed by atoms with E-state index in [1.54, 1.807) is 6.92 Å². The molecule has 8 N–H and O–H groups in total. The summed E-state index contributed by atoms with van der Waals surface area (Å²) >= 11 is 0. The van der Waals surface area contributed by atoms with Gasteiger partial charge in [0.1, 0.15) is 53.4 Å². The van der Waals surface area contributed by atoms with Gasteiger partial charge in [0.25, 0.3) is 0 Å². The molecule has 2 aliphatic rings. The van der Waals surface area contributed by atoms with Gasteiger partial charge in [-0.3, -0.25) is 4.79 Å². The van der Waals surface area contributed by atoms with Gasteiger partial charge in [0, 0.05) is 17.2 Å². The SMILES string of the molecule is Cc1cc(O)c2c(c1)[C@@](O)([C@H]1O[C@@H](CO)[C@H](O)[C@@H](O)[C@@H]1O)c1cc(O)cc(O)c1C2=O. The van der Waals surface area contributed by atoms with E-state index in [1.807, 2.05) is 0 Å². The second-order valence-electron chi connectivity index (χ2n) is 7.94. The number of carbonyl (C=O) groups excluding carboxylic acids is 1. The first kappa shape index (κ1) is 21.5. The van der Waals surface area contributed by atoms with Crippen LogP contribution < -0.4 is 0 Å². The van der Waals surface area contributed by atoms with Crippen LogP contribution in [0.5, 0.6) is 17.2 Å². The summed E-state index contributed by atoms with van der Waals surface area (Å²) in [6.45, 7) is 0.814. The van der Waals surface area contributed by atoms with Crippen LogP contribution in [0.15, 0.2) is 24.3 Å². The smallest absolute Gasteiger partial charge is 0.201 e. The molecule has 2 aromatic carbocycles. The number of aliphatic hydroxyl groups excluding tert-OH is 4. The normalized spacial score (nSPS) is 32.5. The van der Waals surface area contributed by atoms with Crippen LogP contribution in [0.2, 0.25) is 0 Å². The minimum Gasteiger partial charge on any atom is -0.508 e. The molecule has 0 bridgehead atoms. The number of fused-ring (bicyclic) bond motifs is 2. The number of phenolic OH excluding ortho intramolecular Hbond substituents is 3. The van der Waals surface area contributed by atoms with Gasteiger partial charge in [-0.1, -0.05) is 6.07 Å². The Morgan fingerprint density at radius 3 is 2.10 bits per heavy atom. The van der Waals surface area contributed by atoms with Crippen LogP contribution in [0.1, 0.15) is 32.6 Å². The molecule has 1 heterocycles. The molecule has 31 heavy (non-hydrogen) atoms. The zero-order valence-corrected chi connectivity index (χ0v) is 16.3. The monoisotopic (exact) mass is 434 g/mol. The summed E-state index contributed by atoms with van der Waals surface area (Å²) in [5.74, 6) is -2.53. The summed E-state index contributed by atoms with van der Waals surface area (Å²) in [7, 11) is 0. The molecule has 0 saturated carbocycles. The maximum atomic E-state index is 13.1. The molecule has 0 radical (unpaired) electrons. The molecule has 0 aromatic heterocycles. The van der Waals surface area contributed by atoms with Crippen molar-refractivity contribution >= 4 is 5.78 Å². The van der Waals surface area contributed by atoms with E-state index < -0.39 is 71.3 Å². The minimum atomic E-state index is -2.48. The quantitative estimate of drug-likeness (QED) is 0.283. The first-order chi connectivity index (χ1) is 14.5. The Morgan fingerprint density at radius 2 is 1.48 bits per heavy atom. The molecule has 10 heteroatoms. The van der Waals surface area contributed by atoms with Crippen molar-refractivity contribution in [3.05, 3.63) is 52.1 Å². The molecule has 0 amide bonds. The average molecular weight is 434 g/mol. The van der Waals surface area contributed by atoms with Gasteiger partial charge in [-0.15, -0.1) is 0 Å². The molecule has 166 valence electrons. The van der Waals surface area contributed by atoms with Crippen molar-refractivity contribution in [2.75, 3.05) is 6.61 Å². The van der Waals surface area contributed by atoms with E-state index in [-0.39, 0.29) is 16.7 Å². The molecule has 4 rings (SSSR count). The molecule has 10 nitrogen and oxygen atoms in total. The minimum absolute atomic E-state index is 0.197. The molecule has 0 unspecified atom stereocenters. The highest BCUT2D eigenvalue weighted by Crippen LogP contribution is 2.51. The van der Waals surface area contributed by atoms with Crippen LogP contribution in [0.3, 0.4) is 0 Å². The fourth-order valence-electron chi connectivity index (χ4n) is 4.48.